The topological polar surface area (TPSA) is 91.7 Å². The molecular formula is C37H62Fe2NiO5S4-4. The van der Waals surface area contributed by atoms with Crippen molar-refractivity contribution in [1.29, 1.82) is 0 Å². The first-order chi connectivity index (χ1) is 20.1. The second-order valence-corrected chi connectivity index (χ2v) is 13.3. The minimum Gasteiger partial charge on any atom is -0.789 e. The predicted molar refractivity (Wildman–Crippen MR) is 207 cm³/mol. The number of allylic oxidation sites excluding steroid dienone is 3. The van der Waals surface area contributed by atoms with Crippen molar-refractivity contribution in [3.8, 4) is 0 Å². The van der Waals surface area contributed by atoms with E-state index in [-0.39, 0.29) is 117 Å². The van der Waals surface area contributed by atoms with Crippen LogP contribution < -0.4 is 0 Å². The van der Waals surface area contributed by atoms with Gasteiger partial charge < -0.3 is 90.4 Å². The first kappa shape index (κ1) is 64.2. The van der Waals surface area contributed by atoms with Crippen molar-refractivity contribution in [2.24, 2.45) is 23.7 Å². The number of carbonyl (C=O) groups is 3. The average Bonchev–Trinajstić information content (AvgIpc) is 3.81. The minimum absolute atomic E-state index is 0. The summed E-state index contributed by atoms with van der Waals surface area (Å²) in [6, 6.07) is 0. The van der Waals surface area contributed by atoms with Crippen molar-refractivity contribution in [2.45, 2.75) is 128 Å². The van der Waals surface area contributed by atoms with Gasteiger partial charge in [-0.1, -0.05) is 57.9 Å². The Labute approximate surface area is 355 Å². The Hall–Kier alpha value is 0.242. The van der Waals surface area contributed by atoms with Crippen LogP contribution >= 0.6 is 0 Å². The van der Waals surface area contributed by atoms with Gasteiger partial charge in [0.25, 0.3) is 0 Å². The van der Waals surface area contributed by atoms with Gasteiger partial charge in [-0.05, 0) is 63.2 Å². The van der Waals surface area contributed by atoms with Gasteiger partial charge in [-0.25, -0.2) is 20.6 Å². The van der Waals surface area contributed by atoms with E-state index >= 15 is 0 Å². The molecule has 0 aromatic carbocycles. The van der Waals surface area contributed by atoms with Crippen molar-refractivity contribution in [1.82, 2.24) is 0 Å². The molecule has 0 aromatic rings. The van der Waals surface area contributed by atoms with Gasteiger partial charge in [0.2, 0.25) is 0 Å². The Bertz CT molecular complexity index is 825. The molecule has 0 radical (unpaired) electrons. The fraction of sp³-hybridized carbons (Fsp3) is 0.649. The van der Waals surface area contributed by atoms with Gasteiger partial charge in [0, 0.05) is 47.6 Å². The number of hydrogen-bond donors (Lipinski definition) is 2. The van der Waals surface area contributed by atoms with Crippen LogP contribution in [0.25, 0.3) is 0 Å². The Balaban J connectivity index is -0.0000000923. The summed E-state index contributed by atoms with van der Waals surface area (Å²) in [7, 11) is 0. The van der Waals surface area contributed by atoms with E-state index in [9.17, 15) is 14.4 Å². The van der Waals surface area contributed by atoms with E-state index in [1.807, 2.05) is 0 Å². The quantitative estimate of drug-likeness (QED) is 0.0963. The SMILES string of the molecule is C=C(O)CCC(=O)C1CCCC1.O=C(O)CCC(=O)C1CCCC1.[CH3-].[CH3-].[CH3-].[CH3-].[Fe+2].[Fe+2].[Ni].[S-]C=C([S-])C1CCCC1.[S-]C=C([S-])C1CCCC1. The summed E-state index contributed by atoms with van der Waals surface area (Å²) in [6.07, 6.45) is 20.3. The van der Waals surface area contributed by atoms with Crippen molar-refractivity contribution in [3.63, 3.8) is 0 Å². The molecule has 4 aliphatic rings. The van der Waals surface area contributed by atoms with Crippen LogP contribution in [0, 0.1) is 53.4 Å². The molecule has 0 saturated heterocycles. The molecule has 12 heteroatoms. The van der Waals surface area contributed by atoms with Crippen LogP contribution in [0.15, 0.2) is 33.0 Å². The molecule has 0 amide bonds. The van der Waals surface area contributed by atoms with Gasteiger partial charge in [0.15, 0.2) is 0 Å². The Morgan fingerprint density at radius 1 is 0.531 bits per heavy atom. The molecule has 0 bridgehead atoms. The number of Topliss-reactive ketones (excluding diaryl/α,β-unsaturated/α-hetero) is 2. The van der Waals surface area contributed by atoms with Crippen LogP contribution in [0.5, 0.6) is 0 Å². The summed E-state index contributed by atoms with van der Waals surface area (Å²) in [5, 5.41) is 20.5. The van der Waals surface area contributed by atoms with E-state index in [1.54, 1.807) is 10.8 Å². The largest absolute Gasteiger partial charge is 2.00 e. The fourth-order valence-electron chi connectivity index (χ4n) is 6.01. The maximum Gasteiger partial charge on any atom is 2.00 e. The summed E-state index contributed by atoms with van der Waals surface area (Å²) < 4.78 is 0. The maximum absolute atomic E-state index is 11.4. The third kappa shape index (κ3) is 30.4. The molecular weight excluding hydrogens is 823 g/mol. The second kappa shape index (κ2) is 39.5. The molecule has 0 atom stereocenters. The van der Waals surface area contributed by atoms with E-state index in [0.29, 0.717) is 30.5 Å². The first-order valence-corrected chi connectivity index (χ1v) is 17.5. The van der Waals surface area contributed by atoms with Gasteiger partial charge in [-0.15, -0.1) is 0 Å². The second-order valence-electron chi connectivity index (χ2n) is 11.9. The number of ketones is 2. The van der Waals surface area contributed by atoms with Crippen molar-refractivity contribution < 1.29 is 75.2 Å². The molecule has 0 heterocycles. The van der Waals surface area contributed by atoms with Gasteiger partial charge in [0.1, 0.15) is 11.6 Å². The van der Waals surface area contributed by atoms with Crippen molar-refractivity contribution in [3.05, 3.63) is 62.7 Å². The van der Waals surface area contributed by atoms with E-state index in [2.05, 4.69) is 6.58 Å². The summed E-state index contributed by atoms with van der Waals surface area (Å²) in [6.45, 7) is 3.36. The third-order valence-electron chi connectivity index (χ3n) is 8.61. The molecule has 4 saturated carbocycles. The zero-order chi connectivity index (χ0) is 31.3. The summed E-state index contributed by atoms with van der Waals surface area (Å²) in [5.74, 6) is 1.46. The van der Waals surface area contributed by atoms with Crippen LogP contribution in [-0.4, -0.2) is 27.7 Å². The van der Waals surface area contributed by atoms with Crippen molar-refractivity contribution >= 4 is 68.1 Å². The number of aliphatic hydroxyl groups is 1. The molecule has 4 rings (SSSR count). The summed E-state index contributed by atoms with van der Waals surface area (Å²) in [4.78, 5) is 34.9. The Morgan fingerprint density at radius 2 is 0.776 bits per heavy atom. The van der Waals surface area contributed by atoms with E-state index in [1.165, 1.54) is 64.2 Å². The number of hydrogen-bond acceptors (Lipinski definition) is 8. The van der Waals surface area contributed by atoms with Gasteiger partial charge >= 0.3 is 40.1 Å². The van der Waals surface area contributed by atoms with Crippen LogP contribution in [0.3, 0.4) is 0 Å². The van der Waals surface area contributed by atoms with Gasteiger partial charge in [0.05, 0.1) is 12.2 Å². The molecule has 0 aliphatic heterocycles. The zero-order valence-electron chi connectivity index (χ0n) is 30.1. The monoisotopic (exact) mass is 884 g/mol. The number of rotatable bonds is 10. The molecule has 2 N–H and O–H groups in total. The van der Waals surface area contributed by atoms with E-state index in [4.69, 9.17) is 60.7 Å². The minimum atomic E-state index is -0.874. The number of aliphatic carboxylic acids is 1. The number of carbonyl (C=O) groups excluding carboxylic acids is 2. The van der Waals surface area contributed by atoms with Crippen molar-refractivity contribution in [2.75, 3.05) is 0 Å². The third-order valence-corrected chi connectivity index (χ3v) is 10.3. The predicted octanol–water partition coefficient (Wildman–Crippen LogP) is 10.2. The van der Waals surface area contributed by atoms with Crippen LogP contribution in [-0.2, 0) is 116 Å². The number of carboxylic acids is 1. The molecule has 4 fully saturated rings. The fourth-order valence-corrected chi connectivity index (χ4v) is 6.87. The Morgan fingerprint density at radius 3 is 1.00 bits per heavy atom. The zero-order valence-corrected chi connectivity index (χ0v) is 36.6. The van der Waals surface area contributed by atoms with Gasteiger partial charge in [-0.2, -0.15) is 0 Å². The molecule has 0 spiro atoms. The summed E-state index contributed by atoms with van der Waals surface area (Å²) >= 11 is 19.6. The molecule has 4 aliphatic carbocycles. The average molecular weight is 886 g/mol. The summed E-state index contributed by atoms with van der Waals surface area (Å²) in [5.41, 5.74) is 0. The van der Waals surface area contributed by atoms with E-state index in [0.717, 1.165) is 48.3 Å². The molecule has 294 valence electrons. The first-order valence-electron chi connectivity index (χ1n) is 15.7. The van der Waals surface area contributed by atoms with Crippen LogP contribution in [0.1, 0.15) is 128 Å². The number of carboxylic acid groups (broad SMARTS) is 1. The van der Waals surface area contributed by atoms with Gasteiger partial charge in [-0.3, -0.25) is 14.4 Å². The smallest absolute Gasteiger partial charge is 0.789 e. The maximum atomic E-state index is 11.4. The molecule has 5 nitrogen and oxygen atoms in total. The van der Waals surface area contributed by atoms with Crippen LogP contribution in [0.2, 0.25) is 0 Å². The van der Waals surface area contributed by atoms with E-state index < -0.39 is 5.97 Å². The number of aliphatic hydroxyl groups excluding tert-OH is 1. The standard InChI is InChI=1S/C10H16O2.C9H14O3.2C7H12S2.4CH3.2Fe.Ni/c1-8(11)6-7-10(12)9-4-2-3-5-9;10-8(5-6-9(11)12)7-3-1-2-4-7;2*8-5-7(9)6-3-1-2-4-6;;;;;;;/h9,11H,1-7H2;7H,1-6H2,(H,11,12);2*5-6,8-9H,1-4H2;4*1H3;;;/q;;;;4*-1;2*+2;/p-4. The molecule has 0 aromatic heterocycles. The molecule has 0 unspecified atom stereocenters. The normalized spacial score (nSPS) is 17.2. The Kier molecular flexibility index (Phi) is 51.7. The van der Waals surface area contributed by atoms with Crippen LogP contribution in [0.4, 0.5) is 0 Å². The molecule has 49 heavy (non-hydrogen) atoms.